The first kappa shape index (κ1) is 9.33. The van der Waals surface area contributed by atoms with Crippen LogP contribution in [0.4, 0.5) is 13.2 Å². The van der Waals surface area contributed by atoms with Crippen molar-refractivity contribution in [2.45, 2.75) is 6.18 Å². The molecule has 14 heavy (non-hydrogen) atoms. The summed E-state index contributed by atoms with van der Waals surface area (Å²) in [6.45, 7) is 0. The molecule has 0 saturated carbocycles. The Morgan fingerprint density at radius 1 is 1.21 bits per heavy atom. The molecule has 0 aliphatic carbocycles. The van der Waals surface area contributed by atoms with Gasteiger partial charge < -0.3 is 5.11 Å². The van der Waals surface area contributed by atoms with Gasteiger partial charge in [-0.2, -0.15) is 13.2 Å². The number of hydrogen-bond donors (Lipinski definition) is 1. The normalized spacial score (nSPS) is 12.2. The smallest absolute Gasteiger partial charge is 0.425 e. The van der Waals surface area contributed by atoms with Gasteiger partial charge in [0.25, 0.3) is 0 Å². The average Bonchev–Trinajstić information content (AvgIpc) is 2.48. The Labute approximate surface area is 81.4 Å². The third-order valence-electron chi connectivity index (χ3n) is 1.80. The molecule has 0 aliphatic rings. The van der Waals surface area contributed by atoms with Crippen molar-refractivity contribution in [1.82, 2.24) is 0 Å². The minimum absolute atomic E-state index is 0.108. The number of aromatic hydroxyl groups is 1. The van der Waals surface area contributed by atoms with E-state index in [0.717, 1.165) is 6.07 Å². The summed E-state index contributed by atoms with van der Waals surface area (Å²) in [4.78, 5) is -0.686. The highest BCUT2D eigenvalue weighted by atomic mass is 32.1. The van der Waals surface area contributed by atoms with Crippen LogP contribution in [-0.4, -0.2) is 5.11 Å². The minimum atomic E-state index is -4.34. The van der Waals surface area contributed by atoms with Crippen molar-refractivity contribution in [3.8, 4) is 5.75 Å². The lowest BCUT2D eigenvalue weighted by molar-refractivity contribution is -0.134. The van der Waals surface area contributed by atoms with Gasteiger partial charge in [0.05, 0.1) is 4.70 Å². The molecule has 0 atom stereocenters. The summed E-state index contributed by atoms with van der Waals surface area (Å²) in [5.74, 6) is -0.108. The second-order valence-corrected chi connectivity index (χ2v) is 3.86. The standard InChI is InChI=1S/C9H5F3OS/c10-9(11,12)7-4-5-2-1-3-6(13)8(5)14-7/h1-4,13H. The lowest BCUT2D eigenvalue weighted by Gasteiger charge is -1.99. The summed E-state index contributed by atoms with van der Waals surface area (Å²) in [5.41, 5.74) is 0. The summed E-state index contributed by atoms with van der Waals surface area (Å²) >= 11 is 0.556. The molecule has 0 saturated heterocycles. The van der Waals surface area contributed by atoms with Gasteiger partial charge in [-0.3, -0.25) is 0 Å². The summed E-state index contributed by atoms with van der Waals surface area (Å²) in [7, 11) is 0. The Morgan fingerprint density at radius 3 is 2.50 bits per heavy atom. The van der Waals surface area contributed by atoms with Crippen molar-refractivity contribution in [3.05, 3.63) is 29.1 Å². The number of benzene rings is 1. The molecule has 2 rings (SSSR count). The van der Waals surface area contributed by atoms with Gasteiger partial charge in [-0.15, -0.1) is 11.3 Å². The molecule has 0 spiro atoms. The van der Waals surface area contributed by atoms with Crippen molar-refractivity contribution < 1.29 is 18.3 Å². The topological polar surface area (TPSA) is 20.2 Å². The fraction of sp³-hybridized carbons (Fsp3) is 0.111. The molecule has 2 aromatic rings. The molecule has 1 nitrogen and oxygen atoms in total. The van der Waals surface area contributed by atoms with E-state index in [1.165, 1.54) is 12.1 Å². The van der Waals surface area contributed by atoms with Crippen molar-refractivity contribution in [2.75, 3.05) is 0 Å². The third kappa shape index (κ3) is 1.43. The second kappa shape index (κ2) is 2.88. The van der Waals surface area contributed by atoms with Gasteiger partial charge in [-0.1, -0.05) is 12.1 Å². The van der Waals surface area contributed by atoms with Gasteiger partial charge in [-0.05, 0) is 17.5 Å². The molecular weight excluding hydrogens is 213 g/mol. The van der Waals surface area contributed by atoms with Crippen LogP contribution in [0.5, 0.6) is 5.75 Å². The van der Waals surface area contributed by atoms with Crippen LogP contribution in [0.3, 0.4) is 0 Å². The first-order valence-corrected chi connectivity index (χ1v) is 4.59. The highest BCUT2D eigenvalue weighted by Gasteiger charge is 2.32. The van der Waals surface area contributed by atoms with Crippen LogP contribution < -0.4 is 0 Å². The Balaban J connectivity index is 2.69. The molecule has 1 N–H and O–H groups in total. The van der Waals surface area contributed by atoms with Crippen LogP contribution in [0.25, 0.3) is 10.1 Å². The highest BCUT2D eigenvalue weighted by molar-refractivity contribution is 7.19. The molecule has 1 heterocycles. The first-order chi connectivity index (χ1) is 6.48. The maximum absolute atomic E-state index is 12.3. The Bertz CT molecular complexity index is 472. The molecule has 74 valence electrons. The summed E-state index contributed by atoms with van der Waals surface area (Å²) in [6.07, 6.45) is -4.34. The molecule has 0 radical (unpaired) electrons. The summed E-state index contributed by atoms with van der Waals surface area (Å²) in [5, 5.41) is 9.71. The van der Waals surface area contributed by atoms with Gasteiger partial charge in [0.2, 0.25) is 0 Å². The summed E-state index contributed by atoms with van der Waals surface area (Å²) < 4.78 is 37.1. The van der Waals surface area contributed by atoms with E-state index in [1.807, 2.05) is 0 Å². The molecule has 0 aliphatic heterocycles. The van der Waals surface area contributed by atoms with Crippen LogP contribution >= 0.6 is 11.3 Å². The molecule has 0 bridgehead atoms. The lowest BCUT2D eigenvalue weighted by atomic mass is 10.2. The van der Waals surface area contributed by atoms with Crippen LogP contribution in [0.1, 0.15) is 4.88 Å². The molecular formula is C9H5F3OS. The van der Waals surface area contributed by atoms with Crippen LogP contribution in [0.2, 0.25) is 0 Å². The molecule has 5 heteroatoms. The number of thiophene rings is 1. The van der Waals surface area contributed by atoms with Crippen molar-refractivity contribution in [3.63, 3.8) is 0 Å². The van der Waals surface area contributed by atoms with E-state index < -0.39 is 11.1 Å². The maximum Gasteiger partial charge on any atom is 0.425 e. The molecule has 1 aromatic carbocycles. The maximum atomic E-state index is 12.3. The fourth-order valence-electron chi connectivity index (χ4n) is 1.19. The van der Waals surface area contributed by atoms with E-state index in [4.69, 9.17) is 0 Å². The predicted octanol–water partition coefficient (Wildman–Crippen LogP) is 3.63. The van der Waals surface area contributed by atoms with Gasteiger partial charge in [0.15, 0.2) is 0 Å². The van der Waals surface area contributed by atoms with Gasteiger partial charge in [-0.25, -0.2) is 0 Å². The van der Waals surface area contributed by atoms with Crippen molar-refractivity contribution in [2.24, 2.45) is 0 Å². The average molecular weight is 218 g/mol. The lowest BCUT2D eigenvalue weighted by Crippen LogP contribution is -2.00. The van der Waals surface area contributed by atoms with Gasteiger partial charge in [0, 0.05) is 0 Å². The quantitative estimate of drug-likeness (QED) is 0.715. The zero-order valence-electron chi connectivity index (χ0n) is 6.80. The van der Waals surface area contributed by atoms with E-state index in [0.29, 0.717) is 16.7 Å². The first-order valence-electron chi connectivity index (χ1n) is 3.77. The van der Waals surface area contributed by atoms with E-state index >= 15 is 0 Å². The van der Waals surface area contributed by atoms with Crippen LogP contribution in [0, 0.1) is 0 Å². The molecule has 1 aromatic heterocycles. The molecule has 0 amide bonds. The number of halogens is 3. The SMILES string of the molecule is Oc1cccc2cc(C(F)(F)F)sc12. The van der Waals surface area contributed by atoms with E-state index in [1.54, 1.807) is 6.07 Å². The number of fused-ring (bicyclic) bond motifs is 1. The zero-order chi connectivity index (χ0) is 10.3. The van der Waals surface area contributed by atoms with E-state index in [2.05, 4.69) is 0 Å². The number of hydrogen-bond acceptors (Lipinski definition) is 2. The Morgan fingerprint density at radius 2 is 1.93 bits per heavy atom. The Kier molecular flexibility index (Phi) is 1.92. The molecule has 0 unspecified atom stereocenters. The van der Waals surface area contributed by atoms with Crippen LogP contribution in [0.15, 0.2) is 24.3 Å². The number of phenolic OH excluding ortho intramolecular Hbond substituents is 1. The van der Waals surface area contributed by atoms with Crippen LogP contribution in [-0.2, 0) is 6.18 Å². The monoisotopic (exact) mass is 218 g/mol. The van der Waals surface area contributed by atoms with Gasteiger partial charge >= 0.3 is 6.18 Å². The van der Waals surface area contributed by atoms with E-state index in [9.17, 15) is 18.3 Å². The van der Waals surface area contributed by atoms with E-state index in [-0.39, 0.29) is 10.4 Å². The number of rotatable bonds is 0. The number of alkyl halides is 3. The second-order valence-electron chi connectivity index (χ2n) is 2.80. The van der Waals surface area contributed by atoms with Crippen molar-refractivity contribution in [1.29, 1.82) is 0 Å². The van der Waals surface area contributed by atoms with Crippen molar-refractivity contribution >= 4 is 21.4 Å². The summed E-state index contributed by atoms with van der Waals surface area (Å²) in [6, 6.07) is 5.48. The number of phenols is 1. The Hall–Kier alpha value is -1.23. The van der Waals surface area contributed by atoms with Gasteiger partial charge in [0.1, 0.15) is 10.6 Å². The molecule has 0 fully saturated rings. The zero-order valence-corrected chi connectivity index (χ0v) is 7.62. The minimum Gasteiger partial charge on any atom is -0.506 e. The highest BCUT2D eigenvalue weighted by Crippen LogP contribution is 2.40. The largest absolute Gasteiger partial charge is 0.506 e. The predicted molar refractivity (Wildman–Crippen MR) is 48.5 cm³/mol. The fourth-order valence-corrected chi connectivity index (χ4v) is 2.13. The third-order valence-corrected chi connectivity index (χ3v) is 3.02.